The lowest BCUT2D eigenvalue weighted by Crippen LogP contribution is -2.62. The minimum Gasteiger partial charge on any atom is -0.507 e. The second kappa shape index (κ2) is 12.2. The first kappa shape index (κ1) is 33.4. The maximum absolute atomic E-state index is 13.7. The Hall–Kier alpha value is -3.47. The van der Waals surface area contributed by atoms with Crippen LogP contribution >= 0.6 is 0 Å². The number of rotatable bonds is 5. The molecule has 4 aliphatic rings. The third-order valence-corrected chi connectivity index (χ3v) is 9.55. The molecule has 14 nitrogen and oxygen atoms in total. The number of hydrogen-bond acceptors (Lipinski definition) is 14. The number of nitrogens with one attached hydrogen (secondary N) is 1. The van der Waals surface area contributed by atoms with Crippen molar-refractivity contribution in [3.8, 4) is 17.2 Å². The van der Waals surface area contributed by atoms with Crippen molar-refractivity contribution in [2.24, 2.45) is 0 Å². The number of phenolic OH excluding ortho intramolecular Hbond substituents is 3. The quantitative estimate of drug-likeness (QED) is 0.192. The standard InChI is InChI=1S/C33H39NO13/c1-12(35)8-21-45-14(3)32(42)34-18-9-22(44-13(2)31(18)47-21)46-20-11-33(43,15(4)36)10-17-24(20)30(41)26-25(28(17)39)27(38)16-6-5-7-19(37)23(16)29(26)40/h5-7,12-14,18,20-22,31-32,34-35,37,39,41-43H,8-11H2,1-4H3/t12?,13?,14?,18?,20-,21?,22?,31?,32?,33-/m0/s1. The summed E-state index contributed by atoms with van der Waals surface area (Å²) in [6, 6.07) is 3.33. The molecular formula is C33H39NO13. The van der Waals surface area contributed by atoms with Crippen molar-refractivity contribution in [3.05, 3.63) is 51.6 Å². The van der Waals surface area contributed by atoms with Crippen molar-refractivity contribution < 1.29 is 64.0 Å². The Kier molecular flexibility index (Phi) is 8.68. The van der Waals surface area contributed by atoms with Crippen LogP contribution in [0.4, 0.5) is 0 Å². The van der Waals surface area contributed by atoms with Gasteiger partial charge in [0.05, 0.1) is 41.1 Å². The first-order valence-corrected chi connectivity index (χ1v) is 15.6. The highest BCUT2D eigenvalue weighted by molar-refractivity contribution is 6.31. The summed E-state index contributed by atoms with van der Waals surface area (Å²) in [5, 5.41) is 68.8. The normalized spacial score (nSPS) is 34.3. The molecule has 0 bridgehead atoms. The lowest BCUT2D eigenvalue weighted by Gasteiger charge is -2.46. The summed E-state index contributed by atoms with van der Waals surface area (Å²) in [7, 11) is 0. The Morgan fingerprint density at radius 3 is 2.43 bits per heavy atom. The van der Waals surface area contributed by atoms with Crippen LogP contribution in [0.15, 0.2) is 18.2 Å². The van der Waals surface area contributed by atoms with Gasteiger partial charge in [0, 0.05) is 48.4 Å². The number of ether oxygens (including phenoxy) is 4. The Morgan fingerprint density at radius 2 is 1.74 bits per heavy atom. The van der Waals surface area contributed by atoms with Gasteiger partial charge in [-0.15, -0.1) is 0 Å². The predicted octanol–water partition coefficient (Wildman–Crippen LogP) is 1.22. The van der Waals surface area contributed by atoms with E-state index in [4.69, 9.17) is 18.9 Å². The first-order chi connectivity index (χ1) is 22.1. The number of fused-ring (bicyclic) bond motifs is 4. The summed E-state index contributed by atoms with van der Waals surface area (Å²) >= 11 is 0. The van der Waals surface area contributed by atoms with E-state index < -0.39 is 113 Å². The summed E-state index contributed by atoms with van der Waals surface area (Å²) in [5.74, 6) is -4.23. The van der Waals surface area contributed by atoms with Gasteiger partial charge in [-0.25, -0.2) is 0 Å². The number of ketones is 3. The molecule has 2 aromatic rings. The number of aliphatic hydroxyl groups is 3. The fourth-order valence-electron chi connectivity index (χ4n) is 7.09. The van der Waals surface area contributed by atoms with Gasteiger partial charge in [-0.1, -0.05) is 12.1 Å². The Labute approximate surface area is 269 Å². The Balaban J connectivity index is 1.38. The maximum Gasteiger partial charge on any atom is 0.202 e. The topological polar surface area (TPSA) is 222 Å². The van der Waals surface area contributed by atoms with Crippen molar-refractivity contribution in [1.29, 1.82) is 0 Å². The maximum atomic E-state index is 13.7. The number of carbonyl (C=O) groups excluding carboxylic acids is 3. The summed E-state index contributed by atoms with van der Waals surface area (Å²) < 4.78 is 24.4. The van der Waals surface area contributed by atoms with Gasteiger partial charge in [0.1, 0.15) is 35.2 Å². The Morgan fingerprint density at radius 1 is 1.04 bits per heavy atom. The molecule has 10 atom stereocenters. The summed E-state index contributed by atoms with van der Waals surface area (Å²) in [4.78, 5) is 39.9. The largest absolute Gasteiger partial charge is 0.507 e. The van der Waals surface area contributed by atoms with Gasteiger partial charge in [0.15, 0.2) is 24.1 Å². The molecule has 254 valence electrons. The lowest BCUT2D eigenvalue weighted by atomic mass is 9.72. The van der Waals surface area contributed by atoms with Gasteiger partial charge in [-0.3, -0.25) is 19.7 Å². The van der Waals surface area contributed by atoms with Gasteiger partial charge in [0.25, 0.3) is 0 Å². The molecule has 0 amide bonds. The van der Waals surface area contributed by atoms with E-state index >= 15 is 0 Å². The predicted molar refractivity (Wildman–Crippen MR) is 160 cm³/mol. The minimum atomic E-state index is -2.07. The molecule has 14 heteroatoms. The summed E-state index contributed by atoms with van der Waals surface area (Å²) in [6.07, 6.45) is -7.80. The molecule has 2 aliphatic heterocycles. The third kappa shape index (κ3) is 5.72. The number of hydrogen-bond donors (Lipinski definition) is 7. The monoisotopic (exact) mass is 657 g/mol. The zero-order valence-corrected chi connectivity index (χ0v) is 26.3. The van der Waals surface area contributed by atoms with Crippen LogP contribution in [0.2, 0.25) is 0 Å². The first-order valence-electron chi connectivity index (χ1n) is 15.6. The van der Waals surface area contributed by atoms with Gasteiger partial charge >= 0.3 is 0 Å². The molecule has 2 fully saturated rings. The fourth-order valence-corrected chi connectivity index (χ4v) is 7.09. The van der Waals surface area contributed by atoms with Crippen LogP contribution in [0.25, 0.3) is 0 Å². The molecule has 0 radical (unpaired) electrons. The molecule has 2 saturated heterocycles. The number of benzene rings is 2. The molecular weight excluding hydrogens is 618 g/mol. The fraction of sp³-hybridized carbons (Fsp3) is 0.545. The van der Waals surface area contributed by atoms with Gasteiger partial charge in [0.2, 0.25) is 5.78 Å². The van der Waals surface area contributed by atoms with Crippen LogP contribution in [-0.2, 0) is 30.2 Å². The highest BCUT2D eigenvalue weighted by Gasteiger charge is 2.50. The minimum absolute atomic E-state index is 0.0703. The van der Waals surface area contributed by atoms with Crippen LogP contribution in [0.5, 0.6) is 17.2 Å². The van der Waals surface area contributed by atoms with Gasteiger partial charge in [-0.2, -0.15) is 0 Å². The smallest absolute Gasteiger partial charge is 0.202 e. The van der Waals surface area contributed by atoms with E-state index in [2.05, 4.69) is 5.32 Å². The van der Waals surface area contributed by atoms with E-state index in [0.717, 1.165) is 0 Å². The summed E-state index contributed by atoms with van der Waals surface area (Å²) in [6.45, 7) is 6.11. The van der Waals surface area contributed by atoms with Crippen molar-refractivity contribution in [3.63, 3.8) is 0 Å². The zero-order valence-electron chi connectivity index (χ0n) is 26.3. The number of aromatic hydroxyl groups is 3. The number of carbonyl (C=O) groups is 3. The molecule has 0 aromatic heterocycles. The van der Waals surface area contributed by atoms with Crippen molar-refractivity contribution in [2.75, 3.05) is 0 Å². The second-order valence-corrected chi connectivity index (χ2v) is 13.0. The molecule has 0 saturated carbocycles. The van der Waals surface area contributed by atoms with E-state index in [1.807, 2.05) is 0 Å². The highest BCUT2D eigenvalue weighted by atomic mass is 16.7. The molecule has 8 unspecified atom stereocenters. The average Bonchev–Trinajstić information content (AvgIpc) is 2.98. The van der Waals surface area contributed by atoms with Crippen LogP contribution in [0.1, 0.15) is 96.0 Å². The summed E-state index contributed by atoms with van der Waals surface area (Å²) in [5.41, 5.74) is -3.86. The van der Waals surface area contributed by atoms with Crippen LogP contribution in [-0.4, -0.2) is 103 Å². The highest BCUT2D eigenvalue weighted by Crippen LogP contribution is 2.52. The average molecular weight is 658 g/mol. The van der Waals surface area contributed by atoms with E-state index in [0.29, 0.717) is 0 Å². The lowest BCUT2D eigenvalue weighted by molar-refractivity contribution is -0.304. The molecule has 2 heterocycles. The van der Waals surface area contributed by atoms with Gasteiger partial charge in [-0.05, 0) is 33.8 Å². The molecule has 7 N–H and O–H groups in total. The SMILES string of the molecule is CC(=O)[C@]1(O)Cc2c(O)c3c(c(O)c2[C@@H](OC2CC4NC(O)C(C)OC(CC(C)O)OC4C(C)O2)C1)C(=O)c1c(O)cccc1C3=O. The van der Waals surface area contributed by atoms with Crippen LogP contribution < -0.4 is 5.32 Å². The van der Waals surface area contributed by atoms with Crippen molar-refractivity contribution in [1.82, 2.24) is 5.32 Å². The van der Waals surface area contributed by atoms with E-state index in [1.54, 1.807) is 20.8 Å². The van der Waals surface area contributed by atoms with E-state index in [9.17, 15) is 45.0 Å². The van der Waals surface area contributed by atoms with Crippen molar-refractivity contribution >= 4 is 17.3 Å². The number of phenols is 3. The van der Waals surface area contributed by atoms with Gasteiger partial charge < -0.3 is 49.6 Å². The number of aliphatic hydroxyl groups excluding tert-OH is 2. The zero-order chi connectivity index (χ0) is 34.1. The van der Waals surface area contributed by atoms with E-state index in [-0.39, 0.29) is 41.5 Å². The molecule has 2 aromatic carbocycles. The number of Topliss-reactive ketones (excluding diaryl/α,β-unsaturated/α-hetero) is 1. The van der Waals surface area contributed by atoms with Crippen LogP contribution in [0.3, 0.4) is 0 Å². The molecule has 47 heavy (non-hydrogen) atoms. The Bertz CT molecular complexity index is 1620. The molecule has 6 rings (SSSR count). The molecule has 0 spiro atoms. The van der Waals surface area contributed by atoms with Crippen LogP contribution in [0, 0.1) is 0 Å². The second-order valence-electron chi connectivity index (χ2n) is 13.0. The molecule has 2 aliphatic carbocycles. The van der Waals surface area contributed by atoms with E-state index in [1.165, 1.54) is 25.1 Å². The third-order valence-electron chi connectivity index (χ3n) is 9.55. The van der Waals surface area contributed by atoms with Crippen molar-refractivity contribution in [2.45, 2.75) is 114 Å².